The highest BCUT2D eigenvalue weighted by Crippen LogP contribution is 2.03. The molecular formula is C10H14O5. The van der Waals surface area contributed by atoms with Crippen LogP contribution in [0.1, 0.15) is 0 Å². The van der Waals surface area contributed by atoms with Crippen molar-refractivity contribution in [1.82, 2.24) is 0 Å². The van der Waals surface area contributed by atoms with Crippen LogP contribution in [-0.2, 0) is 14.3 Å². The number of aliphatic carboxylic acids is 2. The van der Waals surface area contributed by atoms with Gasteiger partial charge >= 0.3 is 11.9 Å². The van der Waals surface area contributed by atoms with Gasteiger partial charge < -0.3 is 14.9 Å². The van der Waals surface area contributed by atoms with Gasteiger partial charge in [-0.25, -0.2) is 0 Å². The lowest BCUT2D eigenvalue weighted by Gasteiger charge is -2.10. The third-order valence-corrected chi connectivity index (χ3v) is 1.80. The van der Waals surface area contributed by atoms with E-state index in [0.29, 0.717) is 0 Å². The van der Waals surface area contributed by atoms with Gasteiger partial charge in [0.25, 0.3) is 0 Å². The summed E-state index contributed by atoms with van der Waals surface area (Å²) in [5.74, 6) is -3.72. The average molecular weight is 214 g/mol. The Labute approximate surface area is 87.7 Å². The molecule has 0 bridgehead atoms. The summed E-state index contributed by atoms with van der Waals surface area (Å²) in [6.07, 6.45) is 2.48. The summed E-state index contributed by atoms with van der Waals surface area (Å²) in [6, 6.07) is 0. The molecule has 0 aliphatic rings. The third kappa shape index (κ3) is 4.97. The van der Waals surface area contributed by atoms with Crippen LogP contribution in [0, 0.1) is 11.8 Å². The van der Waals surface area contributed by atoms with Crippen LogP contribution in [0.2, 0.25) is 0 Å². The average Bonchev–Trinajstić information content (AvgIpc) is 2.17. The van der Waals surface area contributed by atoms with E-state index in [0.717, 1.165) is 0 Å². The second-order valence-electron chi connectivity index (χ2n) is 2.90. The van der Waals surface area contributed by atoms with Crippen molar-refractivity contribution in [3.05, 3.63) is 25.3 Å². The van der Waals surface area contributed by atoms with Crippen LogP contribution in [-0.4, -0.2) is 35.4 Å². The minimum atomic E-state index is -1.05. The lowest BCUT2D eigenvalue weighted by molar-refractivity contribution is -0.143. The molecule has 0 saturated carbocycles. The van der Waals surface area contributed by atoms with Crippen LogP contribution < -0.4 is 0 Å². The van der Waals surface area contributed by atoms with Gasteiger partial charge in [0.2, 0.25) is 0 Å². The normalized spacial score (nSPS) is 13.9. The third-order valence-electron chi connectivity index (χ3n) is 1.80. The van der Waals surface area contributed by atoms with E-state index in [1.165, 1.54) is 12.2 Å². The van der Waals surface area contributed by atoms with Gasteiger partial charge in [-0.15, -0.1) is 13.2 Å². The molecule has 0 aromatic heterocycles. The molecule has 15 heavy (non-hydrogen) atoms. The molecule has 0 aromatic carbocycles. The van der Waals surface area contributed by atoms with E-state index >= 15 is 0 Å². The molecule has 2 N–H and O–H groups in total. The maximum Gasteiger partial charge on any atom is 0.312 e. The van der Waals surface area contributed by atoms with Gasteiger partial charge in [0, 0.05) is 0 Å². The second kappa shape index (κ2) is 6.78. The summed E-state index contributed by atoms with van der Waals surface area (Å²) in [5.41, 5.74) is 0. The molecule has 0 aliphatic heterocycles. The van der Waals surface area contributed by atoms with E-state index in [2.05, 4.69) is 13.2 Å². The van der Waals surface area contributed by atoms with E-state index in [4.69, 9.17) is 14.9 Å². The smallest absolute Gasteiger partial charge is 0.312 e. The minimum absolute atomic E-state index is 0.0869. The monoisotopic (exact) mass is 214 g/mol. The molecule has 0 heterocycles. The number of carboxylic acid groups (broad SMARTS) is 2. The second-order valence-corrected chi connectivity index (χ2v) is 2.90. The van der Waals surface area contributed by atoms with Crippen LogP contribution in [0.25, 0.3) is 0 Å². The Bertz CT molecular complexity index is 233. The lowest BCUT2D eigenvalue weighted by atomic mass is 10.1. The molecule has 5 heteroatoms. The zero-order valence-corrected chi connectivity index (χ0v) is 8.26. The van der Waals surface area contributed by atoms with Crippen molar-refractivity contribution in [3.63, 3.8) is 0 Å². The molecule has 0 radical (unpaired) electrons. The predicted octanol–water partition coefficient (Wildman–Crippen LogP) is 0.777. The first-order valence-corrected chi connectivity index (χ1v) is 4.31. The molecule has 0 aromatic rings. The number of hydrogen-bond acceptors (Lipinski definition) is 3. The number of ether oxygens (including phenoxy) is 1. The van der Waals surface area contributed by atoms with Crippen molar-refractivity contribution in [2.45, 2.75) is 0 Å². The van der Waals surface area contributed by atoms with E-state index < -0.39 is 23.8 Å². The zero-order chi connectivity index (χ0) is 11.8. The first kappa shape index (κ1) is 13.4. The molecule has 0 fully saturated rings. The van der Waals surface area contributed by atoms with Crippen molar-refractivity contribution in [2.75, 3.05) is 13.2 Å². The summed E-state index contributed by atoms with van der Waals surface area (Å²) in [7, 11) is 0. The Balaban J connectivity index is 3.95. The molecule has 5 nitrogen and oxygen atoms in total. The Hall–Kier alpha value is -1.62. The Kier molecular flexibility index (Phi) is 6.05. The summed E-state index contributed by atoms with van der Waals surface area (Å²) < 4.78 is 4.96. The molecule has 0 rings (SSSR count). The highest BCUT2D eigenvalue weighted by atomic mass is 16.5. The van der Waals surface area contributed by atoms with E-state index in [1.807, 2.05) is 0 Å². The van der Waals surface area contributed by atoms with E-state index in [-0.39, 0.29) is 13.2 Å². The van der Waals surface area contributed by atoms with E-state index in [9.17, 15) is 9.59 Å². The first-order chi connectivity index (χ1) is 7.02. The SMILES string of the molecule is C=CC(COCC(C=C)C(=O)O)C(=O)O. The van der Waals surface area contributed by atoms with Gasteiger partial charge in [-0.05, 0) is 0 Å². The van der Waals surface area contributed by atoms with Gasteiger partial charge in [-0.1, -0.05) is 12.2 Å². The first-order valence-electron chi connectivity index (χ1n) is 4.31. The Morgan fingerprint density at radius 3 is 1.60 bits per heavy atom. The maximum absolute atomic E-state index is 10.5. The molecule has 0 aliphatic carbocycles. The van der Waals surface area contributed by atoms with Crippen LogP contribution in [0.4, 0.5) is 0 Å². The number of rotatable bonds is 8. The van der Waals surface area contributed by atoms with Gasteiger partial charge in [0.05, 0.1) is 25.0 Å². The highest BCUT2D eigenvalue weighted by Gasteiger charge is 2.17. The molecule has 0 amide bonds. The zero-order valence-electron chi connectivity index (χ0n) is 8.26. The van der Waals surface area contributed by atoms with Crippen molar-refractivity contribution >= 4 is 11.9 Å². The van der Waals surface area contributed by atoms with Gasteiger partial charge in [0.1, 0.15) is 0 Å². The van der Waals surface area contributed by atoms with Crippen LogP contribution >= 0.6 is 0 Å². The number of carboxylic acids is 2. The Morgan fingerprint density at radius 1 is 1.07 bits per heavy atom. The standard InChI is InChI=1S/C10H14O5/c1-3-7(9(11)12)5-15-6-8(4-2)10(13)14/h3-4,7-8H,1-2,5-6H2,(H,11,12)(H,13,14). The van der Waals surface area contributed by atoms with Crippen LogP contribution in [0.3, 0.4) is 0 Å². The molecule has 84 valence electrons. The quantitative estimate of drug-likeness (QED) is 0.583. The van der Waals surface area contributed by atoms with Crippen LogP contribution in [0.5, 0.6) is 0 Å². The topological polar surface area (TPSA) is 83.8 Å². The van der Waals surface area contributed by atoms with Gasteiger partial charge in [0.15, 0.2) is 0 Å². The fourth-order valence-electron chi connectivity index (χ4n) is 0.802. The minimum Gasteiger partial charge on any atom is -0.481 e. The molecular weight excluding hydrogens is 200 g/mol. The Morgan fingerprint density at radius 2 is 1.40 bits per heavy atom. The van der Waals surface area contributed by atoms with Crippen molar-refractivity contribution in [2.24, 2.45) is 11.8 Å². The van der Waals surface area contributed by atoms with Gasteiger partial charge in [-0.3, -0.25) is 9.59 Å². The fourth-order valence-corrected chi connectivity index (χ4v) is 0.802. The molecule has 2 unspecified atom stereocenters. The molecule has 0 spiro atoms. The van der Waals surface area contributed by atoms with Gasteiger partial charge in [-0.2, -0.15) is 0 Å². The predicted molar refractivity (Wildman–Crippen MR) is 53.5 cm³/mol. The largest absolute Gasteiger partial charge is 0.481 e. The lowest BCUT2D eigenvalue weighted by Crippen LogP contribution is -2.22. The van der Waals surface area contributed by atoms with E-state index in [1.54, 1.807) is 0 Å². The number of carbonyl (C=O) groups is 2. The van der Waals surface area contributed by atoms with Crippen molar-refractivity contribution in [1.29, 1.82) is 0 Å². The van der Waals surface area contributed by atoms with Crippen molar-refractivity contribution in [3.8, 4) is 0 Å². The summed E-state index contributed by atoms with van der Waals surface area (Å²) >= 11 is 0. The summed E-state index contributed by atoms with van der Waals surface area (Å²) in [5, 5.41) is 17.2. The molecule has 2 atom stereocenters. The maximum atomic E-state index is 10.5. The number of hydrogen-bond donors (Lipinski definition) is 2. The summed E-state index contributed by atoms with van der Waals surface area (Å²) in [6.45, 7) is 6.50. The summed E-state index contributed by atoms with van der Waals surface area (Å²) in [4.78, 5) is 21.0. The fraction of sp³-hybridized carbons (Fsp3) is 0.400. The molecule has 0 saturated heterocycles. The van der Waals surface area contributed by atoms with Crippen molar-refractivity contribution < 1.29 is 24.5 Å². The van der Waals surface area contributed by atoms with Crippen LogP contribution in [0.15, 0.2) is 25.3 Å². The highest BCUT2D eigenvalue weighted by molar-refractivity contribution is 5.72.